The van der Waals surface area contributed by atoms with Crippen LogP contribution in [0.15, 0.2) is 18.2 Å². The largest absolute Gasteiger partial charge is 0.478 e. The van der Waals surface area contributed by atoms with E-state index in [1.807, 2.05) is 0 Å². The standard InChI is InChI=1S/C13H17FN2O3/c1-9(13(17)16-4-6-18-7-5-16)19-12-3-2-10(15)8-11(12)14/h2-3,8-9H,4-7,15H2,1H3. The maximum absolute atomic E-state index is 13.6. The summed E-state index contributed by atoms with van der Waals surface area (Å²) in [4.78, 5) is 13.7. The van der Waals surface area contributed by atoms with Crippen molar-refractivity contribution in [2.75, 3.05) is 32.0 Å². The van der Waals surface area contributed by atoms with Gasteiger partial charge in [-0.2, -0.15) is 0 Å². The zero-order chi connectivity index (χ0) is 13.8. The Morgan fingerprint density at radius 1 is 1.47 bits per heavy atom. The van der Waals surface area contributed by atoms with Crippen molar-refractivity contribution in [2.45, 2.75) is 13.0 Å². The van der Waals surface area contributed by atoms with Crippen molar-refractivity contribution in [3.63, 3.8) is 0 Å². The summed E-state index contributed by atoms with van der Waals surface area (Å²) in [5, 5.41) is 0. The van der Waals surface area contributed by atoms with Crippen LogP contribution in [0.25, 0.3) is 0 Å². The molecule has 1 fully saturated rings. The highest BCUT2D eigenvalue weighted by atomic mass is 19.1. The highest BCUT2D eigenvalue weighted by Crippen LogP contribution is 2.21. The SMILES string of the molecule is CC(Oc1ccc(N)cc1F)C(=O)N1CCOCC1. The molecule has 2 rings (SSSR count). The van der Waals surface area contributed by atoms with E-state index < -0.39 is 11.9 Å². The van der Waals surface area contributed by atoms with E-state index in [9.17, 15) is 9.18 Å². The second-order valence-corrected chi connectivity index (χ2v) is 4.39. The zero-order valence-corrected chi connectivity index (χ0v) is 10.8. The average molecular weight is 268 g/mol. The Kier molecular flexibility index (Phi) is 4.21. The lowest BCUT2D eigenvalue weighted by Gasteiger charge is -2.29. The van der Waals surface area contributed by atoms with Gasteiger partial charge >= 0.3 is 0 Å². The number of halogens is 1. The molecule has 0 aromatic heterocycles. The molecule has 1 aliphatic rings. The fraction of sp³-hybridized carbons (Fsp3) is 0.462. The predicted octanol–water partition coefficient (Wildman–Crippen LogP) is 1.03. The second-order valence-electron chi connectivity index (χ2n) is 4.39. The van der Waals surface area contributed by atoms with Crippen molar-refractivity contribution in [2.24, 2.45) is 0 Å². The molecule has 1 aliphatic heterocycles. The van der Waals surface area contributed by atoms with E-state index in [1.54, 1.807) is 11.8 Å². The third-order valence-corrected chi connectivity index (χ3v) is 2.93. The minimum Gasteiger partial charge on any atom is -0.478 e. The van der Waals surface area contributed by atoms with E-state index in [1.165, 1.54) is 18.2 Å². The summed E-state index contributed by atoms with van der Waals surface area (Å²) in [5.41, 5.74) is 5.77. The van der Waals surface area contributed by atoms with Gasteiger partial charge < -0.3 is 20.1 Å². The predicted molar refractivity (Wildman–Crippen MR) is 68.3 cm³/mol. The van der Waals surface area contributed by atoms with Gasteiger partial charge in [-0.3, -0.25) is 4.79 Å². The van der Waals surface area contributed by atoms with E-state index in [-0.39, 0.29) is 11.7 Å². The molecule has 0 bridgehead atoms. The van der Waals surface area contributed by atoms with Gasteiger partial charge in [-0.1, -0.05) is 0 Å². The van der Waals surface area contributed by atoms with Crippen molar-refractivity contribution in [3.05, 3.63) is 24.0 Å². The van der Waals surface area contributed by atoms with E-state index in [2.05, 4.69) is 0 Å². The molecule has 1 atom stereocenters. The molecule has 104 valence electrons. The summed E-state index contributed by atoms with van der Waals surface area (Å²) in [7, 11) is 0. The maximum Gasteiger partial charge on any atom is 0.263 e. The molecule has 1 aromatic rings. The molecule has 6 heteroatoms. The molecule has 5 nitrogen and oxygen atoms in total. The van der Waals surface area contributed by atoms with Gasteiger partial charge in [0.25, 0.3) is 5.91 Å². The number of hydrogen-bond acceptors (Lipinski definition) is 4. The number of carbonyl (C=O) groups excluding carboxylic acids is 1. The van der Waals surface area contributed by atoms with Crippen LogP contribution < -0.4 is 10.5 Å². The first kappa shape index (κ1) is 13.6. The molecule has 1 unspecified atom stereocenters. The quantitative estimate of drug-likeness (QED) is 0.832. The van der Waals surface area contributed by atoms with Gasteiger partial charge in [0.05, 0.1) is 13.2 Å². The number of ether oxygens (including phenoxy) is 2. The third-order valence-electron chi connectivity index (χ3n) is 2.93. The number of hydrogen-bond donors (Lipinski definition) is 1. The molecule has 0 radical (unpaired) electrons. The van der Waals surface area contributed by atoms with Gasteiger partial charge in [0, 0.05) is 24.8 Å². The summed E-state index contributed by atoms with van der Waals surface area (Å²) < 4.78 is 24.1. The molecule has 1 saturated heterocycles. The lowest BCUT2D eigenvalue weighted by atomic mass is 10.2. The fourth-order valence-electron chi connectivity index (χ4n) is 1.89. The molecule has 1 heterocycles. The Bertz CT molecular complexity index is 461. The monoisotopic (exact) mass is 268 g/mol. The molecule has 1 amide bonds. The first-order chi connectivity index (χ1) is 9.08. The van der Waals surface area contributed by atoms with Crippen molar-refractivity contribution in [1.29, 1.82) is 0 Å². The lowest BCUT2D eigenvalue weighted by molar-refractivity contribution is -0.142. The topological polar surface area (TPSA) is 64.8 Å². The van der Waals surface area contributed by atoms with Crippen LogP contribution in [-0.2, 0) is 9.53 Å². The fourth-order valence-corrected chi connectivity index (χ4v) is 1.89. The van der Waals surface area contributed by atoms with Gasteiger partial charge in [-0.25, -0.2) is 4.39 Å². The van der Waals surface area contributed by atoms with Crippen LogP contribution in [0.5, 0.6) is 5.75 Å². The summed E-state index contributed by atoms with van der Waals surface area (Å²) in [5.74, 6) is -0.704. The van der Waals surface area contributed by atoms with Crippen molar-refractivity contribution in [3.8, 4) is 5.75 Å². The number of benzene rings is 1. The van der Waals surface area contributed by atoms with Gasteiger partial charge in [-0.15, -0.1) is 0 Å². The van der Waals surface area contributed by atoms with E-state index in [0.29, 0.717) is 32.0 Å². The van der Waals surface area contributed by atoms with Crippen LogP contribution in [0.3, 0.4) is 0 Å². The first-order valence-corrected chi connectivity index (χ1v) is 6.16. The summed E-state index contributed by atoms with van der Waals surface area (Å²) >= 11 is 0. The van der Waals surface area contributed by atoms with Crippen LogP contribution >= 0.6 is 0 Å². The van der Waals surface area contributed by atoms with Gasteiger partial charge in [0.2, 0.25) is 0 Å². The van der Waals surface area contributed by atoms with E-state index in [4.69, 9.17) is 15.2 Å². The van der Waals surface area contributed by atoms with Crippen molar-refractivity contribution < 1.29 is 18.7 Å². The molecular formula is C13H17FN2O3. The Hall–Kier alpha value is -1.82. The Balaban J connectivity index is 1.99. The van der Waals surface area contributed by atoms with Gasteiger partial charge in [-0.05, 0) is 19.1 Å². The van der Waals surface area contributed by atoms with E-state index in [0.717, 1.165) is 0 Å². The average Bonchev–Trinajstić information content (AvgIpc) is 2.42. The highest BCUT2D eigenvalue weighted by molar-refractivity contribution is 5.81. The van der Waals surface area contributed by atoms with Crippen LogP contribution in [0.1, 0.15) is 6.92 Å². The minimum absolute atomic E-state index is 0.0308. The van der Waals surface area contributed by atoms with Crippen molar-refractivity contribution >= 4 is 11.6 Å². The van der Waals surface area contributed by atoms with Crippen molar-refractivity contribution in [1.82, 2.24) is 4.90 Å². The number of amides is 1. The van der Waals surface area contributed by atoms with Gasteiger partial charge in [0.1, 0.15) is 0 Å². The van der Waals surface area contributed by atoms with E-state index >= 15 is 0 Å². The maximum atomic E-state index is 13.6. The lowest BCUT2D eigenvalue weighted by Crippen LogP contribution is -2.46. The van der Waals surface area contributed by atoms with Crippen LogP contribution in [-0.4, -0.2) is 43.2 Å². The highest BCUT2D eigenvalue weighted by Gasteiger charge is 2.24. The number of nitrogen functional groups attached to an aromatic ring is 1. The summed E-state index contributed by atoms with van der Waals surface area (Å²) in [6.07, 6.45) is -0.740. The molecule has 1 aromatic carbocycles. The smallest absolute Gasteiger partial charge is 0.263 e. The Morgan fingerprint density at radius 2 is 2.16 bits per heavy atom. The van der Waals surface area contributed by atoms with Crippen LogP contribution in [0.2, 0.25) is 0 Å². The Labute approximate surface area is 111 Å². The molecule has 0 saturated carbocycles. The molecule has 2 N–H and O–H groups in total. The number of nitrogens with zero attached hydrogens (tertiary/aromatic N) is 1. The Morgan fingerprint density at radius 3 is 2.79 bits per heavy atom. The van der Waals surface area contributed by atoms with Gasteiger partial charge in [0.15, 0.2) is 17.7 Å². The zero-order valence-electron chi connectivity index (χ0n) is 10.8. The summed E-state index contributed by atoms with van der Waals surface area (Å²) in [6.45, 7) is 3.73. The molecular weight excluding hydrogens is 251 g/mol. The van der Waals surface area contributed by atoms with Crippen LogP contribution in [0.4, 0.5) is 10.1 Å². The summed E-state index contributed by atoms with van der Waals surface area (Å²) in [6, 6.07) is 4.12. The third kappa shape index (κ3) is 3.35. The van der Waals surface area contributed by atoms with Crippen LogP contribution in [0, 0.1) is 5.82 Å². The number of morpholine rings is 1. The number of nitrogens with two attached hydrogens (primary N) is 1. The minimum atomic E-state index is -0.740. The number of carbonyl (C=O) groups is 1. The first-order valence-electron chi connectivity index (χ1n) is 6.16. The number of anilines is 1. The normalized spacial score (nSPS) is 17.1. The second kappa shape index (κ2) is 5.88. The molecule has 0 aliphatic carbocycles. The molecule has 0 spiro atoms. The molecule has 19 heavy (non-hydrogen) atoms. The number of rotatable bonds is 3.